The van der Waals surface area contributed by atoms with Gasteiger partial charge in [0.1, 0.15) is 0 Å². The molecule has 0 spiro atoms. The third-order valence-corrected chi connectivity index (χ3v) is 1.84. The van der Waals surface area contributed by atoms with Crippen molar-refractivity contribution in [1.29, 1.82) is 0 Å². The van der Waals surface area contributed by atoms with Crippen LogP contribution in [0.3, 0.4) is 0 Å². The monoisotopic (exact) mass is 226 g/mol. The summed E-state index contributed by atoms with van der Waals surface area (Å²) in [5.74, 6) is 0. The van der Waals surface area contributed by atoms with Crippen LogP contribution < -0.4 is 0 Å². The molecule has 0 aliphatic heterocycles. The second-order valence-corrected chi connectivity index (χ2v) is 2.67. The van der Waals surface area contributed by atoms with Crippen LogP contribution in [0.4, 0.5) is 8.78 Å². The van der Waals surface area contributed by atoms with Crippen LogP contribution in [-0.2, 0) is 6.61 Å². The Bertz CT molecular complexity index is 251. The molecule has 0 amide bonds. The van der Waals surface area contributed by atoms with Gasteiger partial charge in [0, 0.05) is 0 Å². The Labute approximate surface area is 69.8 Å². The molecule has 1 N–H and O–H groups in total. The lowest BCUT2D eigenvalue weighted by Gasteiger charge is -2.02. The van der Waals surface area contributed by atoms with Crippen LogP contribution in [0.2, 0.25) is 0 Å². The minimum absolute atomic E-state index is 0.0833. The maximum Gasteiger partial charge on any atom is 0.333 e. The highest BCUT2D eigenvalue weighted by molar-refractivity contribution is 9.10. The fourth-order valence-corrected chi connectivity index (χ4v) is 1.08. The average molecular weight is 227 g/mol. The number of halogens is 3. The van der Waals surface area contributed by atoms with E-state index in [0.29, 0.717) is 9.15 Å². The summed E-state index contributed by atoms with van der Waals surface area (Å²) in [6.07, 6.45) is 1.22. The van der Waals surface area contributed by atoms with Crippen LogP contribution in [0.5, 0.6) is 0 Å². The Morgan fingerprint density at radius 2 is 2.36 bits per heavy atom. The van der Waals surface area contributed by atoms with E-state index in [1.807, 2.05) is 0 Å². The highest BCUT2D eigenvalue weighted by Gasteiger charge is 2.14. The molecule has 1 heterocycles. The molecule has 0 aromatic carbocycles. The molecule has 0 unspecified atom stereocenters. The van der Waals surface area contributed by atoms with Crippen LogP contribution in [-0.4, -0.2) is 14.9 Å². The van der Waals surface area contributed by atoms with Crippen LogP contribution in [0.15, 0.2) is 10.7 Å². The maximum absolute atomic E-state index is 12.0. The third kappa shape index (κ3) is 1.57. The minimum Gasteiger partial charge on any atom is -0.390 e. The molecule has 0 atom stereocenters. The summed E-state index contributed by atoms with van der Waals surface area (Å²) in [6.45, 7) is -3.16. The first-order chi connectivity index (χ1) is 5.16. The predicted molar refractivity (Wildman–Crippen MR) is 37.1 cm³/mol. The van der Waals surface area contributed by atoms with Crippen molar-refractivity contribution in [3.8, 4) is 0 Å². The van der Waals surface area contributed by atoms with Gasteiger partial charge in [-0.2, -0.15) is 13.9 Å². The Morgan fingerprint density at radius 1 is 1.73 bits per heavy atom. The molecule has 6 heteroatoms. The zero-order chi connectivity index (χ0) is 8.43. The van der Waals surface area contributed by atoms with Crippen molar-refractivity contribution in [3.05, 3.63) is 16.4 Å². The summed E-state index contributed by atoms with van der Waals surface area (Å²) in [4.78, 5) is 0. The molecule has 0 radical (unpaired) electrons. The van der Waals surface area contributed by atoms with Gasteiger partial charge in [-0.15, -0.1) is 0 Å². The van der Waals surface area contributed by atoms with Crippen molar-refractivity contribution in [1.82, 2.24) is 9.78 Å². The summed E-state index contributed by atoms with van der Waals surface area (Å²) < 4.78 is 24.8. The smallest absolute Gasteiger partial charge is 0.333 e. The second kappa shape index (κ2) is 3.27. The van der Waals surface area contributed by atoms with Crippen molar-refractivity contribution in [2.24, 2.45) is 0 Å². The third-order valence-electron chi connectivity index (χ3n) is 1.18. The van der Waals surface area contributed by atoms with E-state index in [4.69, 9.17) is 5.11 Å². The van der Waals surface area contributed by atoms with E-state index < -0.39 is 13.2 Å². The second-order valence-electron chi connectivity index (χ2n) is 1.82. The molecule has 0 aliphatic rings. The molecular formula is C5H5BrF2N2O. The van der Waals surface area contributed by atoms with Gasteiger partial charge in [-0.05, 0) is 15.9 Å². The molecule has 3 nitrogen and oxygen atoms in total. The van der Waals surface area contributed by atoms with Crippen molar-refractivity contribution >= 4 is 15.9 Å². The zero-order valence-electron chi connectivity index (χ0n) is 5.34. The Balaban J connectivity index is 3.05. The fourth-order valence-electron chi connectivity index (χ4n) is 0.683. The van der Waals surface area contributed by atoms with Crippen molar-refractivity contribution in [2.75, 3.05) is 0 Å². The Hall–Kier alpha value is -0.490. The normalized spacial score (nSPS) is 11.0. The van der Waals surface area contributed by atoms with E-state index in [0.717, 1.165) is 0 Å². The molecule has 1 aromatic rings. The number of aliphatic hydroxyl groups excluding tert-OH is 1. The van der Waals surface area contributed by atoms with Gasteiger partial charge in [-0.25, -0.2) is 4.68 Å². The van der Waals surface area contributed by atoms with Gasteiger partial charge in [-0.3, -0.25) is 0 Å². The summed E-state index contributed by atoms with van der Waals surface area (Å²) >= 11 is 2.97. The SMILES string of the molecule is OCc1c(Br)cnn1C(F)F. The lowest BCUT2D eigenvalue weighted by Crippen LogP contribution is -2.05. The van der Waals surface area contributed by atoms with Crippen molar-refractivity contribution < 1.29 is 13.9 Å². The fraction of sp³-hybridized carbons (Fsp3) is 0.400. The van der Waals surface area contributed by atoms with Crippen LogP contribution in [0, 0.1) is 0 Å². The zero-order valence-corrected chi connectivity index (χ0v) is 6.92. The highest BCUT2D eigenvalue weighted by Crippen LogP contribution is 2.20. The van der Waals surface area contributed by atoms with Gasteiger partial charge in [0.2, 0.25) is 0 Å². The quantitative estimate of drug-likeness (QED) is 0.831. The summed E-state index contributed by atoms with van der Waals surface area (Å²) in [6, 6.07) is 0. The lowest BCUT2D eigenvalue weighted by molar-refractivity contribution is 0.0489. The average Bonchev–Trinajstić information content (AvgIpc) is 2.30. The number of nitrogens with zero attached hydrogens (tertiary/aromatic N) is 2. The molecule has 11 heavy (non-hydrogen) atoms. The number of alkyl halides is 2. The van der Waals surface area contributed by atoms with Gasteiger partial charge >= 0.3 is 6.55 Å². The van der Waals surface area contributed by atoms with Crippen molar-refractivity contribution in [2.45, 2.75) is 13.2 Å². The molecular weight excluding hydrogens is 222 g/mol. The molecule has 0 saturated carbocycles. The van der Waals surface area contributed by atoms with E-state index in [1.54, 1.807) is 0 Å². The lowest BCUT2D eigenvalue weighted by atomic mass is 10.5. The first-order valence-corrected chi connectivity index (χ1v) is 3.57. The van der Waals surface area contributed by atoms with E-state index >= 15 is 0 Å². The summed E-state index contributed by atoms with van der Waals surface area (Å²) in [7, 11) is 0. The highest BCUT2D eigenvalue weighted by atomic mass is 79.9. The molecule has 0 fully saturated rings. The van der Waals surface area contributed by atoms with Crippen molar-refractivity contribution in [3.63, 3.8) is 0 Å². The number of aromatic nitrogens is 2. The Morgan fingerprint density at radius 3 is 2.73 bits per heavy atom. The molecule has 1 rings (SSSR count). The van der Waals surface area contributed by atoms with Gasteiger partial charge < -0.3 is 5.11 Å². The van der Waals surface area contributed by atoms with Crippen LogP contribution in [0.25, 0.3) is 0 Å². The Kier molecular flexibility index (Phi) is 2.56. The first-order valence-electron chi connectivity index (χ1n) is 2.77. The number of hydrogen-bond donors (Lipinski definition) is 1. The van der Waals surface area contributed by atoms with Crippen LogP contribution in [0.1, 0.15) is 12.2 Å². The van der Waals surface area contributed by atoms with E-state index in [-0.39, 0.29) is 5.69 Å². The van der Waals surface area contributed by atoms with Gasteiger partial charge in [-0.1, -0.05) is 0 Å². The first kappa shape index (κ1) is 8.61. The summed E-state index contributed by atoms with van der Waals surface area (Å²) in [5.41, 5.74) is 0.0833. The van der Waals surface area contributed by atoms with E-state index in [9.17, 15) is 8.78 Å². The van der Waals surface area contributed by atoms with Crippen LogP contribution >= 0.6 is 15.9 Å². The van der Waals surface area contributed by atoms with Gasteiger partial charge in [0.15, 0.2) is 0 Å². The number of rotatable bonds is 2. The molecule has 0 aliphatic carbocycles. The number of aliphatic hydroxyl groups is 1. The maximum atomic E-state index is 12.0. The van der Waals surface area contributed by atoms with E-state index in [2.05, 4.69) is 21.0 Å². The molecule has 0 saturated heterocycles. The minimum atomic E-state index is -2.71. The topological polar surface area (TPSA) is 38.1 Å². The largest absolute Gasteiger partial charge is 0.390 e. The molecule has 0 bridgehead atoms. The standard InChI is InChI=1S/C5H5BrF2N2O/c6-3-1-9-10(5(7)8)4(3)2-11/h1,5,11H,2H2. The van der Waals surface area contributed by atoms with Gasteiger partial charge in [0.05, 0.1) is 23.0 Å². The predicted octanol–water partition coefficient (Wildman–Crippen LogP) is 1.53. The molecule has 1 aromatic heterocycles. The van der Waals surface area contributed by atoms with Gasteiger partial charge in [0.25, 0.3) is 0 Å². The van der Waals surface area contributed by atoms with E-state index in [1.165, 1.54) is 6.20 Å². The number of hydrogen-bond acceptors (Lipinski definition) is 2. The molecule has 62 valence electrons. The summed E-state index contributed by atoms with van der Waals surface area (Å²) in [5, 5.41) is 12.0.